The summed E-state index contributed by atoms with van der Waals surface area (Å²) in [7, 11) is 0. The molecule has 110 valence electrons. The molecule has 4 rings (SSSR count). The molecule has 4 nitrogen and oxygen atoms in total. The van der Waals surface area contributed by atoms with E-state index in [4.69, 9.17) is 5.10 Å². The zero-order valence-electron chi connectivity index (χ0n) is 12.6. The maximum Gasteiger partial charge on any atom is 0.133 e. The summed E-state index contributed by atoms with van der Waals surface area (Å²) in [5, 5.41) is 8.35. The molecule has 0 unspecified atom stereocenters. The lowest BCUT2D eigenvalue weighted by atomic mass is 10.1. The first-order valence-corrected chi connectivity index (χ1v) is 7.74. The number of pyridine rings is 1. The van der Waals surface area contributed by atoms with Crippen molar-refractivity contribution in [1.29, 1.82) is 0 Å². The third-order valence-electron chi connectivity index (χ3n) is 4.16. The number of hydrogen-bond donors (Lipinski definition) is 1. The molecule has 0 bridgehead atoms. The minimum Gasteiger partial charge on any atom is -0.369 e. The quantitative estimate of drug-likeness (QED) is 0.803. The maximum atomic E-state index is 4.87. The van der Waals surface area contributed by atoms with E-state index >= 15 is 0 Å². The van der Waals surface area contributed by atoms with E-state index < -0.39 is 0 Å². The summed E-state index contributed by atoms with van der Waals surface area (Å²) in [5.74, 6) is 1.11. The van der Waals surface area contributed by atoms with Gasteiger partial charge in [0.25, 0.3) is 0 Å². The van der Waals surface area contributed by atoms with Crippen LogP contribution in [0.4, 0.5) is 5.82 Å². The molecule has 1 aliphatic rings. The zero-order chi connectivity index (χ0) is 14.9. The molecule has 3 heterocycles. The van der Waals surface area contributed by atoms with Crippen LogP contribution in [0.25, 0.3) is 17.1 Å². The van der Waals surface area contributed by atoms with Crippen LogP contribution < -0.4 is 5.32 Å². The van der Waals surface area contributed by atoms with Crippen molar-refractivity contribution in [2.24, 2.45) is 0 Å². The van der Waals surface area contributed by atoms with Gasteiger partial charge in [0, 0.05) is 18.3 Å². The van der Waals surface area contributed by atoms with Gasteiger partial charge in [-0.1, -0.05) is 31.2 Å². The van der Waals surface area contributed by atoms with Crippen molar-refractivity contribution >= 4 is 5.82 Å². The van der Waals surface area contributed by atoms with Gasteiger partial charge in [-0.25, -0.2) is 4.68 Å². The highest BCUT2D eigenvalue weighted by Crippen LogP contribution is 2.34. The number of aromatic nitrogens is 3. The van der Waals surface area contributed by atoms with Crippen molar-refractivity contribution in [3.8, 4) is 17.1 Å². The van der Waals surface area contributed by atoms with E-state index in [0.29, 0.717) is 0 Å². The highest BCUT2D eigenvalue weighted by molar-refractivity contribution is 5.71. The van der Waals surface area contributed by atoms with Crippen LogP contribution in [0.5, 0.6) is 0 Å². The number of benzene rings is 1. The summed E-state index contributed by atoms with van der Waals surface area (Å²) in [6.07, 6.45) is 3.81. The lowest BCUT2D eigenvalue weighted by Crippen LogP contribution is -2.06. The van der Waals surface area contributed by atoms with Crippen molar-refractivity contribution < 1.29 is 0 Å². The van der Waals surface area contributed by atoms with Crippen LogP contribution in [0.15, 0.2) is 48.7 Å². The minimum atomic E-state index is 0.940. The number of nitrogens with one attached hydrogen (secondary N) is 1. The van der Waals surface area contributed by atoms with Gasteiger partial charge in [-0.2, -0.15) is 5.10 Å². The van der Waals surface area contributed by atoms with Gasteiger partial charge in [0.15, 0.2) is 0 Å². The Morgan fingerprint density at radius 1 is 1.14 bits per heavy atom. The van der Waals surface area contributed by atoms with E-state index in [1.54, 1.807) is 0 Å². The first-order chi connectivity index (χ1) is 10.9. The van der Waals surface area contributed by atoms with Crippen molar-refractivity contribution in [2.75, 3.05) is 11.9 Å². The van der Waals surface area contributed by atoms with E-state index in [9.17, 15) is 0 Å². The van der Waals surface area contributed by atoms with Crippen LogP contribution in [0.3, 0.4) is 0 Å². The predicted molar refractivity (Wildman–Crippen MR) is 88.4 cm³/mol. The first-order valence-electron chi connectivity index (χ1n) is 7.74. The maximum absolute atomic E-state index is 4.87. The Labute approximate surface area is 129 Å². The summed E-state index contributed by atoms with van der Waals surface area (Å²) in [4.78, 5) is 4.47. The number of rotatable bonds is 3. The Morgan fingerprint density at radius 3 is 2.82 bits per heavy atom. The van der Waals surface area contributed by atoms with Crippen LogP contribution in [0.2, 0.25) is 0 Å². The second-order valence-electron chi connectivity index (χ2n) is 5.46. The molecule has 1 aliphatic heterocycles. The number of hydrogen-bond acceptors (Lipinski definition) is 3. The normalized spacial score (nSPS) is 13.0. The summed E-state index contributed by atoms with van der Waals surface area (Å²) in [5.41, 5.74) is 5.65. The van der Waals surface area contributed by atoms with Gasteiger partial charge in [-0.15, -0.1) is 0 Å². The molecule has 3 aromatic rings. The smallest absolute Gasteiger partial charge is 0.133 e. The van der Waals surface area contributed by atoms with Crippen LogP contribution in [-0.2, 0) is 12.8 Å². The standard InChI is InChI=1S/C18H18N4/c1-2-13-7-3-4-9-16(13)22-18-14(10-12-20-18)17(21-22)15-8-5-6-11-19-15/h3-9,11,20H,2,10,12H2,1H3. The molecule has 1 N–H and O–H groups in total. The fourth-order valence-electron chi connectivity index (χ4n) is 3.07. The molecule has 1 aromatic carbocycles. The molecule has 2 aromatic heterocycles. The molecular weight excluding hydrogens is 272 g/mol. The molecule has 0 aliphatic carbocycles. The van der Waals surface area contributed by atoms with Gasteiger partial charge in [-0.3, -0.25) is 4.98 Å². The second-order valence-corrected chi connectivity index (χ2v) is 5.46. The Morgan fingerprint density at radius 2 is 2.00 bits per heavy atom. The highest BCUT2D eigenvalue weighted by atomic mass is 15.3. The van der Waals surface area contributed by atoms with E-state index in [1.807, 2.05) is 29.1 Å². The number of fused-ring (bicyclic) bond motifs is 1. The molecule has 0 saturated carbocycles. The van der Waals surface area contributed by atoms with Gasteiger partial charge in [0.2, 0.25) is 0 Å². The zero-order valence-corrected chi connectivity index (χ0v) is 12.6. The number of para-hydroxylation sites is 1. The topological polar surface area (TPSA) is 42.7 Å². The first kappa shape index (κ1) is 13.1. The van der Waals surface area contributed by atoms with Gasteiger partial charge in [0.1, 0.15) is 11.5 Å². The minimum absolute atomic E-state index is 0.940. The lowest BCUT2D eigenvalue weighted by Gasteiger charge is -2.10. The molecule has 0 atom stereocenters. The summed E-state index contributed by atoms with van der Waals surface area (Å²) in [6, 6.07) is 14.4. The van der Waals surface area contributed by atoms with Crippen molar-refractivity contribution in [1.82, 2.24) is 14.8 Å². The molecule has 0 spiro atoms. The summed E-state index contributed by atoms with van der Waals surface area (Å²) >= 11 is 0. The Kier molecular flexibility index (Phi) is 3.15. The number of aryl methyl sites for hydroxylation is 1. The molecule has 4 heteroatoms. The van der Waals surface area contributed by atoms with Crippen molar-refractivity contribution in [3.05, 3.63) is 59.8 Å². The van der Waals surface area contributed by atoms with Crippen LogP contribution in [0, 0.1) is 0 Å². The fourth-order valence-corrected chi connectivity index (χ4v) is 3.07. The Hall–Kier alpha value is -2.62. The van der Waals surface area contributed by atoms with Crippen molar-refractivity contribution in [3.63, 3.8) is 0 Å². The van der Waals surface area contributed by atoms with Crippen LogP contribution in [-0.4, -0.2) is 21.3 Å². The lowest BCUT2D eigenvalue weighted by molar-refractivity contribution is 0.864. The van der Waals surface area contributed by atoms with Crippen molar-refractivity contribution in [2.45, 2.75) is 19.8 Å². The SMILES string of the molecule is CCc1ccccc1-n1nc(-c2ccccn2)c2c1NCC2. The predicted octanol–water partition coefficient (Wildman–Crippen LogP) is 3.46. The van der Waals surface area contributed by atoms with Gasteiger partial charge in [0.05, 0.1) is 11.4 Å². The third-order valence-corrected chi connectivity index (χ3v) is 4.16. The van der Waals surface area contributed by atoms with Crippen LogP contribution in [0.1, 0.15) is 18.1 Å². The molecule has 0 fully saturated rings. The van der Waals surface area contributed by atoms with E-state index in [-0.39, 0.29) is 0 Å². The van der Waals surface area contributed by atoms with Crippen LogP contribution >= 0.6 is 0 Å². The average molecular weight is 290 g/mol. The second kappa shape index (κ2) is 5.30. The number of anilines is 1. The average Bonchev–Trinajstić information content (AvgIpc) is 3.18. The summed E-state index contributed by atoms with van der Waals surface area (Å²) < 4.78 is 2.05. The molecule has 0 amide bonds. The summed E-state index contributed by atoms with van der Waals surface area (Å²) in [6.45, 7) is 3.14. The molecule has 0 saturated heterocycles. The van der Waals surface area contributed by atoms with Gasteiger partial charge < -0.3 is 5.32 Å². The molecule has 22 heavy (non-hydrogen) atoms. The number of nitrogens with zero attached hydrogens (tertiary/aromatic N) is 3. The largest absolute Gasteiger partial charge is 0.369 e. The monoisotopic (exact) mass is 290 g/mol. The van der Waals surface area contributed by atoms with Gasteiger partial charge >= 0.3 is 0 Å². The van der Waals surface area contributed by atoms with Gasteiger partial charge in [-0.05, 0) is 36.6 Å². The van der Waals surface area contributed by atoms with E-state index in [2.05, 4.69) is 41.5 Å². The third kappa shape index (κ3) is 1.99. The molecular formula is C18H18N4. The highest BCUT2D eigenvalue weighted by Gasteiger charge is 2.24. The Bertz CT molecular complexity index is 805. The fraction of sp³-hybridized carbons (Fsp3) is 0.222. The van der Waals surface area contributed by atoms with E-state index in [1.165, 1.54) is 11.1 Å². The Balaban J connectivity index is 1.92. The molecule has 0 radical (unpaired) electrons. The van der Waals surface area contributed by atoms with E-state index in [0.717, 1.165) is 42.3 Å².